The maximum atomic E-state index is 12.3. The summed E-state index contributed by atoms with van der Waals surface area (Å²) in [5.74, 6) is -0.680. The summed E-state index contributed by atoms with van der Waals surface area (Å²) in [5.41, 5.74) is -0.476. The highest BCUT2D eigenvalue weighted by Gasteiger charge is 2.16. The lowest BCUT2D eigenvalue weighted by atomic mass is 10.2. The van der Waals surface area contributed by atoms with Gasteiger partial charge in [-0.25, -0.2) is 18.6 Å². The van der Waals surface area contributed by atoms with E-state index in [1.165, 1.54) is 0 Å². The van der Waals surface area contributed by atoms with Gasteiger partial charge in [-0.2, -0.15) is 0 Å². The Morgan fingerprint density at radius 1 is 1.67 bits per heavy atom. The van der Waals surface area contributed by atoms with Gasteiger partial charge in [0.15, 0.2) is 0 Å². The van der Waals surface area contributed by atoms with Crippen LogP contribution in [-0.4, -0.2) is 17.6 Å². The van der Waals surface area contributed by atoms with Crippen molar-refractivity contribution < 1.29 is 18.3 Å². The van der Waals surface area contributed by atoms with Gasteiger partial charge in [0.2, 0.25) is 0 Å². The van der Waals surface area contributed by atoms with Crippen LogP contribution in [0, 0.1) is 0 Å². The fourth-order valence-electron chi connectivity index (χ4n) is 0.919. The molecule has 6 heteroatoms. The fraction of sp³-hybridized carbons (Fsp3) is 0.333. The first-order valence-corrected chi connectivity index (χ1v) is 4.54. The Kier molecular flexibility index (Phi) is 3.96. The molecule has 15 heavy (non-hydrogen) atoms. The molecule has 0 aliphatic heterocycles. The highest BCUT2D eigenvalue weighted by molar-refractivity contribution is 6.31. The van der Waals surface area contributed by atoms with Crippen LogP contribution in [0.3, 0.4) is 0 Å². The van der Waals surface area contributed by atoms with E-state index in [-0.39, 0.29) is 17.3 Å². The topological polar surface area (TPSA) is 39.2 Å². The van der Waals surface area contributed by atoms with Crippen LogP contribution < -0.4 is 0 Å². The molecule has 0 atom stereocenters. The quantitative estimate of drug-likeness (QED) is 0.757. The maximum Gasteiger partial charge on any atom is 0.356 e. The van der Waals surface area contributed by atoms with Crippen molar-refractivity contribution in [1.29, 1.82) is 0 Å². The van der Waals surface area contributed by atoms with E-state index in [9.17, 15) is 13.6 Å². The maximum absolute atomic E-state index is 12.3. The summed E-state index contributed by atoms with van der Waals surface area (Å²) in [4.78, 5) is 14.7. The summed E-state index contributed by atoms with van der Waals surface area (Å²) < 4.78 is 29.2. The van der Waals surface area contributed by atoms with Crippen LogP contribution in [0.5, 0.6) is 0 Å². The second-order valence-corrected chi connectivity index (χ2v) is 3.02. The predicted octanol–water partition coefficient (Wildman–Crippen LogP) is 2.85. The minimum atomic E-state index is -2.71. The summed E-state index contributed by atoms with van der Waals surface area (Å²) in [6.45, 7) is 1.82. The van der Waals surface area contributed by atoms with Crippen LogP contribution in [0.25, 0.3) is 0 Å². The molecule has 0 saturated carbocycles. The first-order chi connectivity index (χ1) is 7.06. The molecule has 1 aromatic rings. The summed E-state index contributed by atoms with van der Waals surface area (Å²) in [7, 11) is 0. The van der Waals surface area contributed by atoms with Gasteiger partial charge in [0.1, 0.15) is 5.69 Å². The molecule has 1 rings (SSSR count). The Labute approximate surface area is 90.0 Å². The lowest BCUT2D eigenvalue weighted by Gasteiger charge is -2.04. The predicted molar refractivity (Wildman–Crippen MR) is 50.2 cm³/mol. The normalized spacial score (nSPS) is 10.5. The van der Waals surface area contributed by atoms with Gasteiger partial charge < -0.3 is 4.74 Å². The van der Waals surface area contributed by atoms with Crippen LogP contribution in [0.1, 0.15) is 29.4 Å². The number of aromatic nitrogens is 1. The molecule has 0 N–H and O–H groups in total. The largest absolute Gasteiger partial charge is 0.461 e. The molecule has 82 valence electrons. The molecule has 0 spiro atoms. The number of carbonyl (C=O) groups excluding carboxylic acids is 1. The number of rotatable bonds is 3. The van der Waals surface area contributed by atoms with E-state index in [1.807, 2.05) is 0 Å². The van der Waals surface area contributed by atoms with Crippen molar-refractivity contribution >= 4 is 17.6 Å². The zero-order chi connectivity index (χ0) is 11.4. The van der Waals surface area contributed by atoms with Crippen LogP contribution >= 0.6 is 11.6 Å². The molecule has 3 nitrogen and oxygen atoms in total. The Hall–Kier alpha value is -1.23. The average Bonchev–Trinajstić information content (AvgIpc) is 2.17. The third kappa shape index (κ3) is 2.86. The molecule has 0 bridgehead atoms. The number of alkyl halides is 2. The molecule has 0 saturated heterocycles. The highest BCUT2D eigenvalue weighted by atomic mass is 35.5. The van der Waals surface area contributed by atoms with Crippen LogP contribution in [0.15, 0.2) is 12.3 Å². The lowest BCUT2D eigenvalue weighted by molar-refractivity contribution is 0.0519. The first-order valence-electron chi connectivity index (χ1n) is 4.17. The van der Waals surface area contributed by atoms with E-state index in [0.717, 1.165) is 12.3 Å². The molecule has 0 amide bonds. The molecular formula is C9H8ClF2NO2. The second-order valence-electron chi connectivity index (χ2n) is 2.61. The van der Waals surface area contributed by atoms with Gasteiger partial charge in [-0.3, -0.25) is 0 Å². The Morgan fingerprint density at radius 3 is 2.80 bits per heavy atom. The average molecular weight is 236 g/mol. The highest BCUT2D eigenvalue weighted by Crippen LogP contribution is 2.26. The minimum Gasteiger partial charge on any atom is -0.461 e. The molecular weight excluding hydrogens is 228 g/mol. The van der Waals surface area contributed by atoms with Crippen molar-refractivity contribution in [3.8, 4) is 0 Å². The van der Waals surface area contributed by atoms with Crippen LogP contribution in [0.2, 0.25) is 5.02 Å². The number of pyridine rings is 1. The smallest absolute Gasteiger partial charge is 0.356 e. The summed E-state index contributed by atoms with van der Waals surface area (Å²) >= 11 is 5.54. The third-order valence-corrected chi connectivity index (χ3v) is 1.93. The number of ether oxygens (including phenoxy) is 1. The first kappa shape index (κ1) is 11.8. The van der Waals surface area contributed by atoms with Crippen molar-refractivity contribution in [2.24, 2.45) is 0 Å². The monoisotopic (exact) mass is 235 g/mol. The summed E-state index contributed by atoms with van der Waals surface area (Å²) in [6, 6.07) is 1.07. The number of hydrogen-bond acceptors (Lipinski definition) is 3. The summed E-state index contributed by atoms with van der Waals surface area (Å²) in [5, 5.41) is -0.192. The molecule has 0 aliphatic rings. The van der Waals surface area contributed by atoms with Gasteiger partial charge >= 0.3 is 5.97 Å². The van der Waals surface area contributed by atoms with Crippen molar-refractivity contribution in [1.82, 2.24) is 4.98 Å². The van der Waals surface area contributed by atoms with E-state index < -0.39 is 18.0 Å². The summed E-state index contributed by atoms with van der Waals surface area (Å²) in [6.07, 6.45) is -1.83. The Morgan fingerprint density at radius 2 is 2.33 bits per heavy atom. The van der Waals surface area contributed by atoms with E-state index in [2.05, 4.69) is 9.72 Å². The van der Waals surface area contributed by atoms with Gasteiger partial charge in [0, 0.05) is 6.20 Å². The molecule has 0 aromatic carbocycles. The van der Waals surface area contributed by atoms with Gasteiger partial charge in [-0.1, -0.05) is 11.6 Å². The zero-order valence-corrected chi connectivity index (χ0v) is 8.59. The van der Waals surface area contributed by atoms with Crippen molar-refractivity contribution in [3.63, 3.8) is 0 Å². The Bertz CT molecular complexity index is 371. The van der Waals surface area contributed by atoms with Crippen LogP contribution in [-0.2, 0) is 4.74 Å². The van der Waals surface area contributed by atoms with E-state index in [4.69, 9.17) is 11.6 Å². The molecule has 0 radical (unpaired) electrons. The Balaban J connectivity index is 2.96. The van der Waals surface area contributed by atoms with E-state index >= 15 is 0 Å². The van der Waals surface area contributed by atoms with Crippen LogP contribution in [0.4, 0.5) is 8.78 Å². The number of nitrogens with zero attached hydrogens (tertiary/aromatic N) is 1. The van der Waals surface area contributed by atoms with E-state index in [0.29, 0.717) is 0 Å². The SMILES string of the molecule is CCOC(=O)c1cc(Cl)c(C(F)F)cn1. The number of hydrogen-bond donors (Lipinski definition) is 0. The molecule has 0 fully saturated rings. The molecule has 0 aliphatic carbocycles. The fourth-order valence-corrected chi connectivity index (χ4v) is 1.15. The van der Waals surface area contributed by atoms with Crippen molar-refractivity contribution in [2.45, 2.75) is 13.3 Å². The van der Waals surface area contributed by atoms with E-state index in [1.54, 1.807) is 6.92 Å². The lowest BCUT2D eigenvalue weighted by Crippen LogP contribution is -2.07. The third-order valence-electron chi connectivity index (χ3n) is 1.60. The number of halogens is 3. The van der Waals surface area contributed by atoms with Crippen molar-refractivity contribution in [2.75, 3.05) is 6.61 Å². The van der Waals surface area contributed by atoms with Crippen molar-refractivity contribution in [3.05, 3.63) is 28.5 Å². The van der Waals surface area contributed by atoms with Gasteiger partial charge in [-0.05, 0) is 13.0 Å². The molecule has 0 unspecified atom stereocenters. The van der Waals surface area contributed by atoms with Gasteiger partial charge in [0.25, 0.3) is 6.43 Å². The molecule has 1 aromatic heterocycles. The van der Waals surface area contributed by atoms with Gasteiger partial charge in [0.05, 0.1) is 17.2 Å². The number of carbonyl (C=O) groups is 1. The zero-order valence-electron chi connectivity index (χ0n) is 7.84. The number of esters is 1. The second kappa shape index (κ2) is 5.02. The standard InChI is InChI=1S/C9H8ClF2NO2/c1-2-15-9(14)7-3-6(10)5(4-13-7)8(11)12/h3-4,8H,2H2,1H3. The van der Waals surface area contributed by atoms with Gasteiger partial charge in [-0.15, -0.1) is 0 Å². The minimum absolute atomic E-state index is 0.0775. The molecule has 1 heterocycles.